The first-order valence-electron chi connectivity index (χ1n) is 5.41. The molecule has 0 aliphatic heterocycles. The first-order chi connectivity index (χ1) is 8.99. The van der Waals surface area contributed by atoms with Crippen LogP contribution >= 0.6 is 15.9 Å². The largest absolute Gasteiger partial charge is 0.319 e. The highest BCUT2D eigenvalue weighted by molar-refractivity contribution is 9.10. The molecule has 1 N–H and O–H groups in total. The molecule has 0 unspecified atom stereocenters. The zero-order valence-electron chi connectivity index (χ0n) is 9.98. The third kappa shape index (κ3) is 2.90. The van der Waals surface area contributed by atoms with Crippen LogP contribution in [0.2, 0.25) is 0 Å². The van der Waals surface area contributed by atoms with E-state index in [2.05, 4.69) is 21.2 Å². The monoisotopic (exact) mass is 324 g/mol. The van der Waals surface area contributed by atoms with E-state index in [4.69, 9.17) is 0 Å². The van der Waals surface area contributed by atoms with Crippen LogP contribution in [-0.4, -0.2) is 10.5 Å². The van der Waals surface area contributed by atoms with Crippen molar-refractivity contribution in [1.29, 1.82) is 0 Å². The summed E-state index contributed by atoms with van der Waals surface area (Å²) in [5, 5.41) is 2.43. The van der Waals surface area contributed by atoms with Crippen molar-refractivity contribution in [3.63, 3.8) is 0 Å². The van der Waals surface area contributed by atoms with Crippen LogP contribution < -0.4 is 10.9 Å². The second-order valence-electron chi connectivity index (χ2n) is 3.92. The lowest BCUT2D eigenvalue weighted by molar-refractivity contribution is 0.102. The highest BCUT2D eigenvalue weighted by Gasteiger charge is 2.12. The van der Waals surface area contributed by atoms with E-state index < -0.39 is 11.7 Å². The molecular formula is C13H10BrFN2O2. The van der Waals surface area contributed by atoms with Gasteiger partial charge in [0.2, 0.25) is 0 Å². The molecule has 0 saturated carbocycles. The van der Waals surface area contributed by atoms with Crippen molar-refractivity contribution in [2.24, 2.45) is 7.05 Å². The summed E-state index contributed by atoms with van der Waals surface area (Å²) in [6, 6.07) is 7.07. The van der Waals surface area contributed by atoms with Gasteiger partial charge in [-0.1, -0.05) is 6.07 Å². The van der Waals surface area contributed by atoms with E-state index in [0.29, 0.717) is 4.47 Å². The van der Waals surface area contributed by atoms with Gasteiger partial charge in [0.05, 0.1) is 5.69 Å². The molecule has 0 radical (unpaired) electrons. The average molecular weight is 325 g/mol. The summed E-state index contributed by atoms with van der Waals surface area (Å²) >= 11 is 3.15. The standard InChI is InChI=1S/C13H10BrFN2O2/c1-17-6-5-8(7-11(17)18)13(19)16-12-9(14)3-2-4-10(12)15/h2-7H,1H3,(H,16,19). The number of aryl methyl sites for hydroxylation is 1. The quantitative estimate of drug-likeness (QED) is 0.922. The maximum atomic E-state index is 13.6. The summed E-state index contributed by atoms with van der Waals surface area (Å²) < 4.78 is 15.3. The molecule has 2 aromatic rings. The number of para-hydroxylation sites is 1. The minimum atomic E-state index is -0.549. The highest BCUT2D eigenvalue weighted by Crippen LogP contribution is 2.25. The number of benzene rings is 1. The van der Waals surface area contributed by atoms with Crippen LogP contribution in [0, 0.1) is 5.82 Å². The number of carbonyl (C=O) groups is 1. The van der Waals surface area contributed by atoms with Crippen LogP contribution in [0.25, 0.3) is 0 Å². The molecule has 98 valence electrons. The van der Waals surface area contributed by atoms with Gasteiger partial charge in [-0.2, -0.15) is 0 Å². The average Bonchev–Trinajstić information content (AvgIpc) is 2.37. The van der Waals surface area contributed by atoms with Crippen LogP contribution in [-0.2, 0) is 7.05 Å². The van der Waals surface area contributed by atoms with Gasteiger partial charge in [-0.25, -0.2) is 4.39 Å². The first-order valence-corrected chi connectivity index (χ1v) is 6.20. The third-order valence-corrected chi connectivity index (χ3v) is 3.23. The van der Waals surface area contributed by atoms with E-state index in [1.165, 1.54) is 35.0 Å². The van der Waals surface area contributed by atoms with Gasteiger partial charge in [0, 0.05) is 29.3 Å². The van der Waals surface area contributed by atoms with Crippen LogP contribution in [0.4, 0.5) is 10.1 Å². The van der Waals surface area contributed by atoms with Crippen molar-refractivity contribution >= 4 is 27.5 Å². The zero-order valence-corrected chi connectivity index (χ0v) is 11.6. The predicted molar refractivity (Wildman–Crippen MR) is 73.7 cm³/mol. The van der Waals surface area contributed by atoms with Gasteiger partial charge in [-0.05, 0) is 34.1 Å². The number of rotatable bonds is 2. The molecule has 0 aliphatic rings. The minimum absolute atomic E-state index is 0.0492. The maximum Gasteiger partial charge on any atom is 0.256 e. The Morgan fingerprint density at radius 3 is 2.74 bits per heavy atom. The molecule has 1 aromatic carbocycles. The molecule has 4 nitrogen and oxygen atoms in total. The van der Waals surface area contributed by atoms with E-state index in [-0.39, 0.29) is 16.8 Å². The minimum Gasteiger partial charge on any atom is -0.319 e. The first kappa shape index (κ1) is 13.5. The number of nitrogens with one attached hydrogen (secondary N) is 1. The second kappa shape index (κ2) is 5.36. The molecule has 0 fully saturated rings. The number of nitrogens with zero attached hydrogens (tertiary/aromatic N) is 1. The van der Waals surface area contributed by atoms with E-state index >= 15 is 0 Å². The summed E-state index contributed by atoms with van der Waals surface area (Å²) in [4.78, 5) is 23.4. The Morgan fingerprint density at radius 1 is 1.37 bits per heavy atom. The number of halogens is 2. The maximum absolute atomic E-state index is 13.6. The van der Waals surface area contributed by atoms with E-state index in [0.717, 1.165) is 0 Å². The molecular weight excluding hydrogens is 315 g/mol. The molecule has 0 aliphatic carbocycles. The van der Waals surface area contributed by atoms with Crippen molar-refractivity contribution in [2.45, 2.75) is 0 Å². The number of amides is 1. The van der Waals surface area contributed by atoms with E-state index in [1.54, 1.807) is 13.1 Å². The second-order valence-corrected chi connectivity index (χ2v) is 4.77. The lowest BCUT2D eigenvalue weighted by Gasteiger charge is -2.08. The number of pyridine rings is 1. The van der Waals surface area contributed by atoms with E-state index in [9.17, 15) is 14.0 Å². The van der Waals surface area contributed by atoms with Gasteiger partial charge in [0.1, 0.15) is 5.82 Å². The Labute approximate surface area is 117 Å². The van der Waals surface area contributed by atoms with Crippen LogP contribution in [0.15, 0.2) is 45.8 Å². The summed E-state index contributed by atoms with van der Waals surface area (Å²) in [6.45, 7) is 0. The lowest BCUT2D eigenvalue weighted by Crippen LogP contribution is -2.20. The van der Waals surface area contributed by atoms with Crippen molar-refractivity contribution in [1.82, 2.24) is 4.57 Å². The highest BCUT2D eigenvalue weighted by atomic mass is 79.9. The van der Waals surface area contributed by atoms with Gasteiger partial charge in [0.15, 0.2) is 0 Å². The molecule has 0 spiro atoms. The topological polar surface area (TPSA) is 51.1 Å². The van der Waals surface area contributed by atoms with E-state index in [1.807, 2.05) is 0 Å². The van der Waals surface area contributed by atoms with Crippen molar-refractivity contribution in [2.75, 3.05) is 5.32 Å². The predicted octanol–water partition coefficient (Wildman–Crippen LogP) is 2.54. The summed E-state index contributed by atoms with van der Waals surface area (Å²) in [7, 11) is 1.58. The van der Waals surface area contributed by atoms with Gasteiger partial charge in [0.25, 0.3) is 11.5 Å². The van der Waals surface area contributed by atoms with Crippen LogP contribution in [0.5, 0.6) is 0 Å². The number of anilines is 1. The fourth-order valence-electron chi connectivity index (χ4n) is 1.49. The van der Waals surface area contributed by atoms with Gasteiger partial charge in [-0.3, -0.25) is 9.59 Å². The Morgan fingerprint density at radius 2 is 2.11 bits per heavy atom. The molecule has 19 heavy (non-hydrogen) atoms. The Hall–Kier alpha value is -1.95. The summed E-state index contributed by atoms with van der Waals surface area (Å²) in [6.07, 6.45) is 1.48. The van der Waals surface area contributed by atoms with Gasteiger partial charge < -0.3 is 9.88 Å². The molecule has 0 bridgehead atoms. The molecule has 0 atom stereocenters. The van der Waals surface area contributed by atoms with Crippen LogP contribution in [0.1, 0.15) is 10.4 Å². The molecule has 1 amide bonds. The number of aromatic nitrogens is 1. The smallest absolute Gasteiger partial charge is 0.256 e. The van der Waals surface area contributed by atoms with Crippen molar-refractivity contribution < 1.29 is 9.18 Å². The molecule has 1 heterocycles. The van der Waals surface area contributed by atoms with Crippen molar-refractivity contribution in [3.05, 3.63) is 62.7 Å². The lowest BCUT2D eigenvalue weighted by atomic mass is 10.2. The summed E-state index contributed by atoms with van der Waals surface area (Å²) in [5.41, 5.74) is -0.0771. The Bertz CT molecular complexity index is 677. The zero-order chi connectivity index (χ0) is 14.0. The fraction of sp³-hybridized carbons (Fsp3) is 0.0769. The number of hydrogen-bond donors (Lipinski definition) is 1. The Balaban J connectivity index is 2.31. The molecule has 1 aromatic heterocycles. The third-order valence-electron chi connectivity index (χ3n) is 2.57. The van der Waals surface area contributed by atoms with Gasteiger partial charge >= 0.3 is 0 Å². The molecule has 2 rings (SSSR count). The van der Waals surface area contributed by atoms with Crippen LogP contribution in [0.3, 0.4) is 0 Å². The summed E-state index contributed by atoms with van der Waals surface area (Å²) in [5.74, 6) is -1.09. The fourth-order valence-corrected chi connectivity index (χ4v) is 1.93. The van der Waals surface area contributed by atoms with Crippen molar-refractivity contribution in [3.8, 4) is 0 Å². The molecule has 6 heteroatoms. The van der Waals surface area contributed by atoms with Gasteiger partial charge in [-0.15, -0.1) is 0 Å². The molecule has 0 saturated heterocycles. The SMILES string of the molecule is Cn1ccc(C(=O)Nc2c(F)cccc2Br)cc1=O. The normalized spacial score (nSPS) is 10.3. The Kier molecular flexibility index (Phi) is 3.80. The number of hydrogen-bond acceptors (Lipinski definition) is 2. The number of carbonyl (C=O) groups excluding carboxylic acids is 1.